The average Bonchev–Trinajstić information content (AvgIpc) is 2.67. The molecule has 29 heavy (non-hydrogen) atoms. The second kappa shape index (κ2) is 10.1. The maximum Gasteiger partial charge on any atom is 0.325 e. The first-order chi connectivity index (χ1) is 13.8. The Kier molecular flexibility index (Phi) is 7.54. The lowest BCUT2D eigenvalue weighted by atomic mass is 10.1. The van der Waals surface area contributed by atoms with Crippen LogP contribution in [0.5, 0.6) is 5.75 Å². The minimum Gasteiger partial charge on any atom is -0.491 e. The summed E-state index contributed by atoms with van der Waals surface area (Å²) < 4.78 is 5.65. The van der Waals surface area contributed by atoms with Crippen molar-refractivity contribution in [2.24, 2.45) is 0 Å². The molecular weight excluding hydrogens is 372 g/mol. The van der Waals surface area contributed by atoms with E-state index in [1.165, 1.54) is 13.0 Å². The third-order valence-corrected chi connectivity index (χ3v) is 3.79. The van der Waals surface area contributed by atoms with Crippen LogP contribution in [0.1, 0.15) is 36.7 Å². The Hall–Kier alpha value is -3.61. The molecule has 152 valence electrons. The molecular formula is C22H24N2O5. The van der Waals surface area contributed by atoms with E-state index in [2.05, 4.69) is 10.6 Å². The van der Waals surface area contributed by atoms with Crippen LogP contribution in [-0.2, 0) is 9.59 Å². The summed E-state index contributed by atoms with van der Waals surface area (Å²) in [6.45, 7) is 5.14. The van der Waals surface area contributed by atoms with Crippen molar-refractivity contribution in [2.45, 2.75) is 32.9 Å². The summed E-state index contributed by atoms with van der Waals surface area (Å²) in [5.74, 6) is -1.76. The molecule has 0 aliphatic carbocycles. The highest BCUT2D eigenvalue weighted by Gasteiger charge is 2.19. The van der Waals surface area contributed by atoms with E-state index in [0.29, 0.717) is 16.9 Å². The zero-order valence-electron chi connectivity index (χ0n) is 16.5. The number of rotatable bonds is 8. The maximum absolute atomic E-state index is 12.6. The predicted molar refractivity (Wildman–Crippen MR) is 109 cm³/mol. The smallest absolute Gasteiger partial charge is 0.325 e. The Labute approximate surface area is 169 Å². The molecule has 2 amide bonds. The minimum atomic E-state index is -1.18. The molecule has 0 aliphatic rings. The van der Waals surface area contributed by atoms with Crippen molar-refractivity contribution < 1.29 is 24.2 Å². The second-order valence-electron chi connectivity index (χ2n) is 6.65. The molecule has 0 fully saturated rings. The third-order valence-electron chi connectivity index (χ3n) is 3.79. The van der Waals surface area contributed by atoms with Gasteiger partial charge in [-0.25, -0.2) is 0 Å². The van der Waals surface area contributed by atoms with Crippen LogP contribution in [0.15, 0.2) is 60.3 Å². The number of carbonyl (C=O) groups excluding carboxylic acids is 2. The number of benzene rings is 2. The lowest BCUT2D eigenvalue weighted by Gasteiger charge is -2.14. The van der Waals surface area contributed by atoms with Crippen LogP contribution in [0.25, 0.3) is 6.08 Å². The number of hydrogen-bond donors (Lipinski definition) is 3. The quantitative estimate of drug-likeness (QED) is 0.595. The van der Waals surface area contributed by atoms with Gasteiger partial charge < -0.3 is 20.5 Å². The number of carboxylic acids is 1. The topological polar surface area (TPSA) is 105 Å². The van der Waals surface area contributed by atoms with Gasteiger partial charge in [0.2, 0.25) is 0 Å². The number of nitrogens with one attached hydrogen (secondary N) is 2. The zero-order chi connectivity index (χ0) is 21.4. The number of aliphatic carboxylic acids is 1. The van der Waals surface area contributed by atoms with E-state index in [1.807, 2.05) is 13.8 Å². The lowest BCUT2D eigenvalue weighted by molar-refractivity contribution is -0.140. The molecule has 0 aromatic heterocycles. The van der Waals surface area contributed by atoms with Crippen LogP contribution in [-0.4, -0.2) is 35.0 Å². The summed E-state index contributed by atoms with van der Waals surface area (Å²) in [5.41, 5.74) is 0.910. The van der Waals surface area contributed by atoms with Crippen LogP contribution in [0, 0.1) is 0 Å². The molecule has 2 aromatic carbocycles. The van der Waals surface area contributed by atoms with Crippen LogP contribution in [0.2, 0.25) is 0 Å². The van der Waals surface area contributed by atoms with E-state index in [-0.39, 0.29) is 11.8 Å². The van der Waals surface area contributed by atoms with Crippen molar-refractivity contribution in [3.8, 4) is 5.75 Å². The van der Waals surface area contributed by atoms with Gasteiger partial charge in [-0.3, -0.25) is 14.4 Å². The number of carbonyl (C=O) groups is 3. The van der Waals surface area contributed by atoms with Gasteiger partial charge in [0.25, 0.3) is 11.8 Å². The highest BCUT2D eigenvalue weighted by atomic mass is 16.5. The third kappa shape index (κ3) is 6.80. The molecule has 7 nitrogen and oxygen atoms in total. The van der Waals surface area contributed by atoms with E-state index in [0.717, 1.165) is 0 Å². The van der Waals surface area contributed by atoms with Crippen molar-refractivity contribution in [1.29, 1.82) is 0 Å². The highest BCUT2D eigenvalue weighted by Crippen LogP contribution is 2.17. The van der Waals surface area contributed by atoms with Gasteiger partial charge >= 0.3 is 5.97 Å². The summed E-state index contributed by atoms with van der Waals surface area (Å²) in [6, 6.07) is 14.3. The first kappa shape index (κ1) is 21.7. The van der Waals surface area contributed by atoms with Crippen molar-refractivity contribution in [2.75, 3.05) is 0 Å². The lowest BCUT2D eigenvalue weighted by Crippen LogP contribution is -2.42. The number of carboxylic acid groups (broad SMARTS) is 1. The van der Waals surface area contributed by atoms with Crippen molar-refractivity contribution >= 4 is 23.9 Å². The van der Waals surface area contributed by atoms with Gasteiger partial charge in [-0.2, -0.15) is 0 Å². The average molecular weight is 396 g/mol. The molecule has 2 aromatic rings. The van der Waals surface area contributed by atoms with E-state index in [1.54, 1.807) is 54.6 Å². The fourth-order valence-corrected chi connectivity index (χ4v) is 2.40. The number of amides is 2. The number of hydrogen-bond acceptors (Lipinski definition) is 4. The van der Waals surface area contributed by atoms with Crippen LogP contribution in [0.4, 0.5) is 0 Å². The Morgan fingerprint density at radius 2 is 1.69 bits per heavy atom. The molecule has 0 aliphatic heterocycles. The van der Waals surface area contributed by atoms with E-state index in [4.69, 9.17) is 9.84 Å². The van der Waals surface area contributed by atoms with Gasteiger partial charge in [0.1, 0.15) is 17.5 Å². The molecule has 0 saturated carbocycles. The molecule has 2 rings (SSSR count). The summed E-state index contributed by atoms with van der Waals surface area (Å²) in [7, 11) is 0. The highest BCUT2D eigenvalue weighted by molar-refractivity contribution is 6.06. The summed E-state index contributed by atoms with van der Waals surface area (Å²) in [5, 5.41) is 14.0. The molecule has 7 heteroatoms. The van der Waals surface area contributed by atoms with Crippen LogP contribution >= 0.6 is 0 Å². The van der Waals surface area contributed by atoms with Gasteiger partial charge in [0, 0.05) is 5.56 Å². The SMILES string of the molecule is CC(C)Oc1cccc(/C=C(/NC(=O)c2ccccc2)C(=O)NC(C)C(=O)O)c1. The van der Waals surface area contributed by atoms with Crippen molar-refractivity contribution in [3.05, 3.63) is 71.4 Å². The summed E-state index contributed by atoms with van der Waals surface area (Å²) in [4.78, 5) is 36.2. The van der Waals surface area contributed by atoms with Gasteiger partial charge in [-0.15, -0.1) is 0 Å². The van der Waals surface area contributed by atoms with E-state index in [9.17, 15) is 14.4 Å². The first-order valence-corrected chi connectivity index (χ1v) is 9.14. The standard InChI is InChI=1S/C22H24N2O5/c1-14(2)29-18-11-7-8-16(12-18)13-19(21(26)23-15(3)22(27)28)24-20(25)17-9-5-4-6-10-17/h4-15H,1-3H3,(H,23,26)(H,24,25)(H,27,28)/b19-13+. The van der Waals surface area contributed by atoms with E-state index >= 15 is 0 Å². The fourth-order valence-electron chi connectivity index (χ4n) is 2.40. The van der Waals surface area contributed by atoms with Gasteiger partial charge in [0.05, 0.1) is 6.10 Å². The molecule has 0 saturated heterocycles. The number of ether oxygens (including phenoxy) is 1. The van der Waals surface area contributed by atoms with Crippen molar-refractivity contribution in [3.63, 3.8) is 0 Å². The van der Waals surface area contributed by atoms with Gasteiger partial charge in [-0.1, -0.05) is 30.3 Å². The molecule has 3 N–H and O–H groups in total. The molecule has 0 spiro atoms. The molecule has 0 bridgehead atoms. The molecule has 0 heterocycles. The van der Waals surface area contributed by atoms with Crippen LogP contribution in [0.3, 0.4) is 0 Å². The predicted octanol–water partition coefficient (Wildman–Crippen LogP) is 2.83. The van der Waals surface area contributed by atoms with Gasteiger partial charge in [-0.05, 0) is 56.7 Å². The minimum absolute atomic E-state index is 0.0220. The van der Waals surface area contributed by atoms with Gasteiger partial charge in [0.15, 0.2) is 0 Å². The largest absolute Gasteiger partial charge is 0.491 e. The Bertz CT molecular complexity index is 906. The Balaban J connectivity index is 2.33. The fraction of sp³-hybridized carbons (Fsp3) is 0.227. The maximum atomic E-state index is 12.6. The monoisotopic (exact) mass is 396 g/mol. The Morgan fingerprint density at radius 3 is 2.31 bits per heavy atom. The summed E-state index contributed by atoms with van der Waals surface area (Å²) in [6.07, 6.45) is 1.45. The summed E-state index contributed by atoms with van der Waals surface area (Å²) >= 11 is 0. The molecule has 1 atom stereocenters. The first-order valence-electron chi connectivity index (χ1n) is 9.14. The normalized spacial score (nSPS) is 12.2. The second-order valence-corrected chi connectivity index (χ2v) is 6.65. The van der Waals surface area contributed by atoms with E-state index < -0.39 is 23.8 Å². The Morgan fingerprint density at radius 1 is 1.00 bits per heavy atom. The van der Waals surface area contributed by atoms with Crippen molar-refractivity contribution in [1.82, 2.24) is 10.6 Å². The van der Waals surface area contributed by atoms with Crippen LogP contribution < -0.4 is 15.4 Å². The molecule has 1 unspecified atom stereocenters. The molecule has 0 radical (unpaired) electrons. The zero-order valence-corrected chi connectivity index (χ0v) is 16.5.